The number of anilines is 6. The van der Waals surface area contributed by atoms with Gasteiger partial charge in [0.2, 0.25) is 0 Å². The van der Waals surface area contributed by atoms with Gasteiger partial charge < -0.3 is 9.80 Å². The molecule has 0 amide bonds. The molecule has 3 heterocycles. The topological polar surface area (TPSA) is 6.48 Å². The summed E-state index contributed by atoms with van der Waals surface area (Å²) >= 11 is 0. The normalized spacial score (nSPS) is 17.9. The Labute approximate surface area is 279 Å². The van der Waals surface area contributed by atoms with Crippen molar-refractivity contribution in [3.8, 4) is 0 Å². The molecule has 0 atom stereocenters. The highest BCUT2D eigenvalue weighted by Gasteiger charge is 2.48. The van der Waals surface area contributed by atoms with E-state index < -0.39 is 12.1 Å². The predicted octanol–water partition coefficient (Wildman–Crippen LogP) is 9.31. The number of para-hydroxylation sites is 2. The largest absolute Gasteiger partial charge is 0.311 e. The summed E-state index contributed by atoms with van der Waals surface area (Å²) in [5.74, 6) is 0. The predicted molar refractivity (Wildman–Crippen MR) is 195 cm³/mol. The van der Waals surface area contributed by atoms with Crippen molar-refractivity contribution in [2.24, 2.45) is 0 Å². The van der Waals surface area contributed by atoms with Gasteiger partial charge in [0.25, 0.3) is 6.71 Å². The second-order valence-electron chi connectivity index (χ2n) is 15.5. The third kappa shape index (κ3) is 3.95. The number of nitrogens with zero attached hydrogens (tertiary/aromatic N) is 2. The van der Waals surface area contributed by atoms with E-state index in [4.69, 9.17) is 2.74 Å². The third-order valence-electron chi connectivity index (χ3n) is 10.0. The average Bonchev–Trinajstić information content (AvgIpc) is 3.06. The zero-order chi connectivity index (χ0) is 37.7. The van der Waals surface area contributed by atoms with Crippen molar-refractivity contribution in [3.63, 3.8) is 0 Å². The highest BCUT2D eigenvalue weighted by atomic mass is 15.2. The van der Waals surface area contributed by atoms with Crippen LogP contribution in [-0.2, 0) is 16.2 Å². The standard InChI is InChI=1S/C42H43BN2/c1-26-23-36-38-37(24-26)45-34-16-11-10-13-30(34)42(8,9)31-14-12-15-32(39(31)45)43(38)33-25-28(41(5,6)7)19-22-35(33)44(36)29-20-17-27(18-21-29)40(2,3)4/h10-25H,1-9H3/i10D,11D,12D,13D,14D,15D,16D. The quantitative estimate of drug-likeness (QED) is 0.175. The summed E-state index contributed by atoms with van der Waals surface area (Å²) in [5.41, 5.74) is 9.98. The Balaban J connectivity index is 1.57. The van der Waals surface area contributed by atoms with Crippen LogP contribution in [-0.4, -0.2) is 6.71 Å². The van der Waals surface area contributed by atoms with Gasteiger partial charge in [-0.2, -0.15) is 0 Å². The van der Waals surface area contributed by atoms with Gasteiger partial charge in [-0.05, 0) is 98.3 Å². The molecule has 0 unspecified atom stereocenters. The third-order valence-corrected chi connectivity index (χ3v) is 10.0. The molecule has 224 valence electrons. The van der Waals surface area contributed by atoms with Gasteiger partial charge in [0.05, 0.1) is 15.3 Å². The maximum Gasteiger partial charge on any atom is 0.252 e. The van der Waals surface area contributed by atoms with Crippen LogP contribution in [0.4, 0.5) is 34.1 Å². The lowest BCUT2D eigenvalue weighted by atomic mass is 9.33. The first-order valence-corrected chi connectivity index (χ1v) is 15.9. The molecule has 0 spiro atoms. The van der Waals surface area contributed by atoms with Crippen molar-refractivity contribution in [1.29, 1.82) is 0 Å². The average molecular weight is 594 g/mol. The fourth-order valence-corrected chi connectivity index (χ4v) is 7.57. The summed E-state index contributed by atoms with van der Waals surface area (Å²) < 4.78 is 64.2. The Hall–Kier alpha value is -4.24. The molecule has 8 rings (SSSR count). The SMILES string of the molecule is [2H]c1c([2H])c([2H])c2c(c1[2H])N1c3cc(C)cc4c3B(c3cc(C(C)(C)C)ccc3N4c3ccc(C(C)(C)C)cc3)c3c([2H])c([2H])c([2H])c(c31)C2(C)C. The van der Waals surface area contributed by atoms with Crippen LogP contribution in [0.2, 0.25) is 0 Å². The number of hydrogen-bond acceptors (Lipinski definition) is 2. The second-order valence-corrected chi connectivity index (χ2v) is 15.5. The maximum atomic E-state index is 9.61. The Morgan fingerprint density at radius 1 is 0.622 bits per heavy atom. The van der Waals surface area contributed by atoms with E-state index in [1.54, 1.807) is 0 Å². The Morgan fingerprint density at radius 3 is 1.93 bits per heavy atom. The monoisotopic (exact) mass is 593 g/mol. The van der Waals surface area contributed by atoms with E-state index in [1.807, 2.05) is 25.7 Å². The summed E-state index contributed by atoms with van der Waals surface area (Å²) in [6, 6.07) is 18.2. The van der Waals surface area contributed by atoms with E-state index in [1.165, 1.54) is 5.56 Å². The Kier molecular flexibility index (Phi) is 4.38. The van der Waals surface area contributed by atoms with Crippen molar-refractivity contribution in [3.05, 3.63) is 125 Å². The molecular formula is C42H43BN2. The molecule has 0 radical (unpaired) electrons. The van der Waals surface area contributed by atoms with Crippen molar-refractivity contribution in [1.82, 2.24) is 0 Å². The fourth-order valence-electron chi connectivity index (χ4n) is 7.57. The summed E-state index contributed by atoms with van der Waals surface area (Å²) in [4.78, 5) is 4.18. The molecule has 45 heavy (non-hydrogen) atoms. The molecule has 3 aliphatic heterocycles. The van der Waals surface area contributed by atoms with Crippen LogP contribution in [0.15, 0.2) is 96.9 Å². The van der Waals surface area contributed by atoms with Crippen molar-refractivity contribution in [2.75, 3.05) is 9.80 Å². The molecule has 0 saturated heterocycles. The van der Waals surface area contributed by atoms with Crippen molar-refractivity contribution < 1.29 is 9.60 Å². The molecule has 3 heteroatoms. The van der Waals surface area contributed by atoms with Gasteiger partial charge >= 0.3 is 0 Å². The van der Waals surface area contributed by atoms with Crippen LogP contribution in [0.1, 0.15) is 92.8 Å². The van der Waals surface area contributed by atoms with E-state index in [9.17, 15) is 6.85 Å². The molecule has 0 saturated carbocycles. The first-order valence-electron chi connectivity index (χ1n) is 19.4. The van der Waals surface area contributed by atoms with Gasteiger partial charge in [-0.1, -0.05) is 116 Å². The minimum atomic E-state index is -1.07. The maximum absolute atomic E-state index is 9.61. The van der Waals surface area contributed by atoms with E-state index in [2.05, 4.69) is 101 Å². The Morgan fingerprint density at radius 2 is 1.24 bits per heavy atom. The van der Waals surface area contributed by atoms with Crippen LogP contribution < -0.4 is 26.2 Å². The van der Waals surface area contributed by atoms with E-state index >= 15 is 0 Å². The molecule has 0 N–H and O–H groups in total. The highest BCUT2D eigenvalue weighted by Crippen LogP contribution is 2.54. The van der Waals surface area contributed by atoms with Crippen LogP contribution in [0.3, 0.4) is 0 Å². The first-order chi connectivity index (χ1) is 24.2. The summed E-state index contributed by atoms with van der Waals surface area (Å²) in [6.45, 7) is 18.5. The van der Waals surface area contributed by atoms with Crippen LogP contribution in [0.25, 0.3) is 0 Å². The minimum Gasteiger partial charge on any atom is -0.311 e. The lowest BCUT2D eigenvalue weighted by molar-refractivity contribution is 0.590. The zero-order valence-electron chi connectivity index (χ0n) is 34.7. The van der Waals surface area contributed by atoms with Gasteiger partial charge in [-0.15, -0.1) is 0 Å². The molecule has 5 aromatic rings. The van der Waals surface area contributed by atoms with Gasteiger partial charge in [0.15, 0.2) is 0 Å². The van der Waals surface area contributed by atoms with Gasteiger partial charge in [-0.25, -0.2) is 0 Å². The number of benzene rings is 5. The molecule has 2 nitrogen and oxygen atoms in total. The lowest BCUT2D eigenvalue weighted by Crippen LogP contribution is -2.62. The number of fused-ring (bicyclic) bond motifs is 6. The summed E-state index contributed by atoms with van der Waals surface area (Å²) in [5, 5.41) is 0. The van der Waals surface area contributed by atoms with Crippen LogP contribution >= 0.6 is 0 Å². The van der Waals surface area contributed by atoms with Gasteiger partial charge in [-0.3, -0.25) is 0 Å². The molecule has 0 fully saturated rings. The molecule has 0 bridgehead atoms. The molecule has 0 aliphatic carbocycles. The Bertz CT molecular complexity index is 2410. The zero-order valence-corrected chi connectivity index (χ0v) is 27.7. The van der Waals surface area contributed by atoms with E-state index in [-0.39, 0.29) is 53.1 Å². The van der Waals surface area contributed by atoms with E-state index in [0.29, 0.717) is 28.0 Å². The van der Waals surface area contributed by atoms with Gasteiger partial charge in [0.1, 0.15) is 0 Å². The summed E-state index contributed by atoms with van der Waals surface area (Å²) in [7, 11) is 0. The lowest BCUT2D eigenvalue weighted by Gasteiger charge is -2.49. The molecular weight excluding hydrogens is 543 g/mol. The van der Waals surface area contributed by atoms with Crippen molar-refractivity contribution in [2.45, 2.75) is 78.6 Å². The first kappa shape index (κ1) is 21.5. The van der Waals surface area contributed by atoms with Crippen LogP contribution in [0.5, 0.6) is 0 Å². The van der Waals surface area contributed by atoms with Crippen LogP contribution in [0, 0.1) is 6.92 Å². The minimum absolute atomic E-state index is 0.0279. The molecule has 3 aliphatic rings. The molecule has 5 aromatic carbocycles. The summed E-state index contributed by atoms with van der Waals surface area (Å²) in [6.07, 6.45) is 0. The van der Waals surface area contributed by atoms with Crippen molar-refractivity contribution >= 4 is 57.2 Å². The number of hydrogen-bond donors (Lipinski definition) is 0. The fraction of sp³-hybridized carbons (Fsp3) is 0.286. The number of rotatable bonds is 1. The second kappa shape index (κ2) is 9.16. The van der Waals surface area contributed by atoms with E-state index in [0.717, 1.165) is 44.8 Å². The highest BCUT2D eigenvalue weighted by molar-refractivity contribution is 7.00. The van der Waals surface area contributed by atoms with Gasteiger partial charge in [0, 0.05) is 33.9 Å². The smallest absolute Gasteiger partial charge is 0.252 e. The number of aryl methyl sites for hydroxylation is 1. The molecule has 0 aromatic heterocycles.